The van der Waals surface area contributed by atoms with Crippen LogP contribution in [0.15, 0.2) is 0 Å². The molecule has 1 amide bonds. The molecule has 0 aromatic carbocycles. The van der Waals surface area contributed by atoms with E-state index in [2.05, 4.69) is 10.1 Å². The van der Waals surface area contributed by atoms with Crippen LogP contribution >= 0.6 is 0 Å². The van der Waals surface area contributed by atoms with E-state index in [0.29, 0.717) is 6.54 Å². The summed E-state index contributed by atoms with van der Waals surface area (Å²) in [5.41, 5.74) is 5.22. The number of carbonyl (C=O) groups is 1. The van der Waals surface area contributed by atoms with Crippen molar-refractivity contribution in [3.8, 4) is 0 Å². The van der Waals surface area contributed by atoms with E-state index in [0.717, 1.165) is 19.3 Å². The Hall–Kier alpha value is -0.820. The molecule has 1 aliphatic carbocycles. The van der Waals surface area contributed by atoms with E-state index in [9.17, 15) is 18.0 Å². The van der Waals surface area contributed by atoms with Crippen LogP contribution in [0.4, 0.5) is 13.2 Å². The van der Waals surface area contributed by atoms with Crippen LogP contribution in [0.5, 0.6) is 0 Å². The molecule has 2 unspecified atom stereocenters. The fraction of sp³-hybridized carbons (Fsp3) is 0.900. The van der Waals surface area contributed by atoms with Gasteiger partial charge in [-0.1, -0.05) is 6.42 Å². The number of rotatable bonds is 6. The van der Waals surface area contributed by atoms with Crippen molar-refractivity contribution in [2.75, 3.05) is 19.8 Å². The molecule has 0 radical (unpaired) electrons. The number of amides is 1. The maximum atomic E-state index is 11.7. The number of hydrogen-bond donors (Lipinski definition) is 2. The highest BCUT2D eigenvalue weighted by Gasteiger charge is 2.31. The summed E-state index contributed by atoms with van der Waals surface area (Å²) in [6.45, 7) is -0.968. The molecule has 7 heteroatoms. The van der Waals surface area contributed by atoms with Crippen molar-refractivity contribution < 1.29 is 22.7 Å². The molecule has 0 saturated heterocycles. The smallest absolute Gasteiger partial charge is 0.371 e. The van der Waals surface area contributed by atoms with E-state index in [1.807, 2.05) is 0 Å². The first-order chi connectivity index (χ1) is 7.90. The molecule has 1 aliphatic rings. The van der Waals surface area contributed by atoms with Crippen LogP contribution in [0.25, 0.3) is 0 Å². The number of nitrogens with one attached hydrogen (secondary N) is 1. The van der Waals surface area contributed by atoms with Gasteiger partial charge < -0.3 is 15.8 Å². The molecule has 0 aromatic rings. The summed E-state index contributed by atoms with van der Waals surface area (Å²) < 4.78 is 39.7. The summed E-state index contributed by atoms with van der Waals surface area (Å²) >= 11 is 0. The first-order valence-corrected chi connectivity index (χ1v) is 5.57. The first-order valence-electron chi connectivity index (χ1n) is 5.57. The molecule has 1 rings (SSSR count). The third-order valence-corrected chi connectivity index (χ3v) is 2.80. The minimum atomic E-state index is -4.29. The summed E-state index contributed by atoms with van der Waals surface area (Å²) in [6, 6.07) is -0.0259. The highest BCUT2D eigenvalue weighted by atomic mass is 19.4. The van der Waals surface area contributed by atoms with Crippen molar-refractivity contribution in [2.24, 2.45) is 11.7 Å². The van der Waals surface area contributed by atoms with E-state index in [1.165, 1.54) is 0 Å². The average Bonchev–Trinajstić information content (AvgIpc) is 2.63. The van der Waals surface area contributed by atoms with Crippen molar-refractivity contribution in [1.82, 2.24) is 5.32 Å². The summed E-state index contributed by atoms with van der Waals surface area (Å²) in [7, 11) is 0. The molecule has 0 heterocycles. The number of ether oxygens (including phenoxy) is 1. The zero-order valence-corrected chi connectivity index (χ0v) is 9.43. The summed E-state index contributed by atoms with van der Waals surface area (Å²) in [5.74, 6) is -0.561. The first kappa shape index (κ1) is 14.2. The molecule has 0 bridgehead atoms. The SMILES string of the molecule is NC(=O)C1CCCC1NCCOCC(F)(F)F. The number of halogens is 3. The molecule has 2 atom stereocenters. The Bertz CT molecular complexity index is 258. The topological polar surface area (TPSA) is 64.4 Å². The Morgan fingerprint density at radius 3 is 2.71 bits per heavy atom. The van der Waals surface area contributed by atoms with Gasteiger partial charge in [0, 0.05) is 12.6 Å². The second-order valence-corrected chi connectivity index (χ2v) is 4.17. The Morgan fingerprint density at radius 2 is 2.12 bits per heavy atom. The molecule has 1 fully saturated rings. The zero-order valence-electron chi connectivity index (χ0n) is 9.43. The van der Waals surface area contributed by atoms with E-state index in [4.69, 9.17) is 5.73 Å². The summed E-state index contributed by atoms with van der Waals surface area (Å²) in [5, 5.41) is 3.01. The molecular weight excluding hydrogens is 237 g/mol. The van der Waals surface area contributed by atoms with Gasteiger partial charge in [-0.3, -0.25) is 4.79 Å². The van der Waals surface area contributed by atoms with Gasteiger partial charge in [0.25, 0.3) is 0 Å². The predicted molar refractivity (Wildman–Crippen MR) is 55.2 cm³/mol. The predicted octanol–water partition coefficient (Wildman–Crippen LogP) is 0.809. The number of alkyl halides is 3. The maximum absolute atomic E-state index is 11.7. The van der Waals surface area contributed by atoms with E-state index in [1.54, 1.807) is 0 Å². The molecule has 0 aromatic heterocycles. The van der Waals surface area contributed by atoms with Gasteiger partial charge in [0.15, 0.2) is 0 Å². The van der Waals surface area contributed by atoms with Crippen LogP contribution < -0.4 is 11.1 Å². The van der Waals surface area contributed by atoms with Crippen LogP contribution in [-0.2, 0) is 9.53 Å². The van der Waals surface area contributed by atoms with Crippen LogP contribution in [0.2, 0.25) is 0 Å². The average molecular weight is 254 g/mol. The molecule has 1 saturated carbocycles. The third kappa shape index (κ3) is 5.36. The lowest BCUT2D eigenvalue weighted by Gasteiger charge is -2.18. The van der Waals surface area contributed by atoms with Crippen molar-refractivity contribution in [1.29, 1.82) is 0 Å². The Morgan fingerprint density at radius 1 is 1.41 bits per heavy atom. The third-order valence-electron chi connectivity index (χ3n) is 2.80. The molecule has 100 valence electrons. The highest BCUT2D eigenvalue weighted by Crippen LogP contribution is 2.25. The number of hydrogen-bond acceptors (Lipinski definition) is 3. The lowest BCUT2D eigenvalue weighted by atomic mass is 10.0. The van der Waals surface area contributed by atoms with Crippen molar-refractivity contribution in [3.05, 3.63) is 0 Å². The van der Waals surface area contributed by atoms with Gasteiger partial charge >= 0.3 is 6.18 Å². The van der Waals surface area contributed by atoms with Crippen LogP contribution in [0, 0.1) is 5.92 Å². The largest absolute Gasteiger partial charge is 0.411 e. The van der Waals surface area contributed by atoms with Crippen LogP contribution in [0.1, 0.15) is 19.3 Å². The van der Waals surface area contributed by atoms with E-state index >= 15 is 0 Å². The summed E-state index contributed by atoms with van der Waals surface area (Å²) in [4.78, 5) is 11.0. The Labute approximate surface area is 97.7 Å². The Kier molecular flexibility index (Phi) is 5.20. The van der Waals surface area contributed by atoms with E-state index in [-0.39, 0.29) is 24.5 Å². The number of nitrogens with two attached hydrogens (primary N) is 1. The lowest BCUT2D eigenvalue weighted by Crippen LogP contribution is -2.40. The quantitative estimate of drug-likeness (QED) is 0.689. The van der Waals surface area contributed by atoms with Gasteiger partial charge in [-0.15, -0.1) is 0 Å². The molecule has 17 heavy (non-hydrogen) atoms. The van der Waals surface area contributed by atoms with Crippen LogP contribution in [-0.4, -0.2) is 37.9 Å². The second-order valence-electron chi connectivity index (χ2n) is 4.17. The van der Waals surface area contributed by atoms with Gasteiger partial charge in [0.05, 0.1) is 12.5 Å². The van der Waals surface area contributed by atoms with Gasteiger partial charge in [-0.2, -0.15) is 13.2 Å². The van der Waals surface area contributed by atoms with Gasteiger partial charge in [0.1, 0.15) is 6.61 Å². The van der Waals surface area contributed by atoms with Crippen LogP contribution in [0.3, 0.4) is 0 Å². The minimum absolute atomic E-state index is 0.0259. The summed E-state index contributed by atoms with van der Waals surface area (Å²) in [6.07, 6.45) is -1.80. The monoisotopic (exact) mass is 254 g/mol. The second kappa shape index (κ2) is 6.20. The fourth-order valence-electron chi connectivity index (χ4n) is 2.05. The van der Waals surface area contributed by atoms with E-state index < -0.39 is 12.8 Å². The molecule has 3 N–H and O–H groups in total. The number of carbonyl (C=O) groups excluding carboxylic acids is 1. The van der Waals surface area contributed by atoms with Gasteiger partial charge in [-0.25, -0.2) is 0 Å². The molecular formula is C10H17F3N2O2. The molecule has 4 nitrogen and oxygen atoms in total. The van der Waals surface area contributed by atoms with Crippen molar-refractivity contribution in [3.63, 3.8) is 0 Å². The lowest BCUT2D eigenvalue weighted by molar-refractivity contribution is -0.173. The standard InChI is InChI=1S/C10H17F3N2O2/c11-10(12,13)6-17-5-4-15-8-3-1-2-7(8)9(14)16/h7-8,15H,1-6H2,(H2,14,16). The maximum Gasteiger partial charge on any atom is 0.411 e. The van der Waals surface area contributed by atoms with Crippen molar-refractivity contribution >= 4 is 5.91 Å². The zero-order chi connectivity index (χ0) is 12.9. The molecule has 0 spiro atoms. The Balaban J connectivity index is 2.12. The fourth-order valence-corrected chi connectivity index (χ4v) is 2.05. The highest BCUT2D eigenvalue weighted by molar-refractivity contribution is 5.77. The minimum Gasteiger partial charge on any atom is -0.371 e. The van der Waals surface area contributed by atoms with Crippen molar-refractivity contribution in [2.45, 2.75) is 31.5 Å². The van der Waals surface area contributed by atoms with Gasteiger partial charge in [0.2, 0.25) is 5.91 Å². The normalized spacial score (nSPS) is 25.1. The number of primary amides is 1. The van der Waals surface area contributed by atoms with Gasteiger partial charge in [-0.05, 0) is 12.8 Å². The molecule has 0 aliphatic heterocycles.